The average Bonchev–Trinajstić information content (AvgIpc) is 3.37. The van der Waals surface area contributed by atoms with Crippen molar-refractivity contribution in [1.82, 2.24) is 9.80 Å². The molecule has 2 aliphatic heterocycles. The molecule has 2 aliphatic rings. The maximum absolute atomic E-state index is 13.3. The summed E-state index contributed by atoms with van der Waals surface area (Å²) in [6.07, 6.45) is 1.50. The number of carbonyl (C=O) groups excluding carboxylic acids is 2. The van der Waals surface area contributed by atoms with E-state index in [-0.39, 0.29) is 31.2 Å². The topological polar surface area (TPSA) is 59.1 Å². The molecule has 2 heterocycles. The zero-order valence-corrected chi connectivity index (χ0v) is 19.4. The Morgan fingerprint density at radius 1 is 0.914 bits per heavy atom. The first-order valence-electron chi connectivity index (χ1n) is 11.8. The van der Waals surface area contributed by atoms with Gasteiger partial charge in [-0.05, 0) is 47.7 Å². The first kappa shape index (κ1) is 22.9. The van der Waals surface area contributed by atoms with E-state index >= 15 is 0 Å². The molecule has 0 aliphatic carbocycles. The maximum atomic E-state index is 13.3. The number of ether oxygens (including phenoxy) is 2. The van der Waals surface area contributed by atoms with Crippen molar-refractivity contribution in [1.29, 1.82) is 0 Å². The highest BCUT2D eigenvalue weighted by atomic mass is 19.1. The highest BCUT2D eigenvalue weighted by molar-refractivity contribution is 5.97. The van der Waals surface area contributed by atoms with Crippen LogP contribution in [0.25, 0.3) is 0 Å². The molecular formula is C28H27FN2O4. The number of carbonyl (C=O) groups is 2. The molecule has 2 amide bonds. The second-order valence-electron chi connectivity index (χ2n) is 8.91. The number of benzene rings is 3. The van der Waals surface area contributed by atoms with Crippen LogP contribution in [-0.4, -0.2) is 47.5 Å². The standard InChI is InChI=1S/C28H27FN2O4/c29-15-21-7-4-8-22(13-21)16-31-24(11-9-20-5-2-1-3-6-20)17-30(18-27(31)32)28(33)23-10-12-25-26(14-23)35-19-34-25/h1-8,10,12-14,24H,9,11,15-19H2/t24-/m0/s1. The molecule has 0 aromatic heterocycles. The predicted molar refractivity (Wildman–Crippen MR) is 129 cm³/mol. The summed E-state index contributed by atoms with van der Waals surface area (Å²) < 4.78 is 23.9. The van der Waals surface area contributed by atoms with Gasteiger partial charge in [0, 0.05) is 18.7 Å². The van der Waals surface area contributed by atoms with Gasteiger partial charge in [-0.25, -0.2) is 4.39 Å². The van der Waals surface area contributed by atoms with Crippen molar-refractivity contribution in [2.75, 3.05) is 19.9 Å². The summed E-state index contributed by atoms with van der Waals surface area (Å²) >= 11 is 0. The van der Waals surface area contributed by atoms with Crippen molar-refractivity contribution < 1.29 is 23.5 Å². The van der Waals surface area contributed by atoms with Crippen LogP contribution in [-0.2, 0) is 24.4 Å². The lowest BCUT2D eigenvalue weighted by Crippen LogP contribution is -2.57. The Morgan fingerprint density at radius 3 is 2.51 bits per heavy atom. The highest BCUT2D eigenvalue weighted by Gasteiger charge is 2.35. The van der Waals surface area contributed by atoms with E-state index in [1.165, 1.54) is 5.56 Å². The molecule has 0 unspecified atom stereocenters. The van der Waals surface area contributed by atoms with E-state index in [0.29, 0.717) is 42.1 Å². The van der Waals surface area contributed by atoms with Gasteiger partial charge in [0.15, 0.2) is 11.5 Å². The van der Waals surface area contributed by atoms with E-state index in [1.807, 2.05) is 35.2 Å². The summed E-state index contributed by atoms with van der Waals surface area (Å²) in [7, 11) is 0. The maximum Gasteiger partial charge on any atom is 0.254 e. The van der Waals surface area contributed by atoms with Gasteiger partial charge in [-0.2, -0.15) is 0 Å². The summed E-state index contributed by atoms with van der Waals surface area (Å²) in [6.45, 7) is 0.400. The highest BCUT2D eigenvalue weighted by Crippen LogP contribution is 2.33. The summed E-state index contributed by atoms with van der Waals surface area (Å²) in [4.78, 5) is 30.1. The number of alkyl halides is 1. The van der Waals surface area contributed by atoms with Gasteiger partial charge in [0.2, 0.25) is 12.7 Å². The SMILES string of the molecule is O=C(c1ccc2c(c1)OCO2)N1CC(=O)N(Cc2cccc(CF)c2)[C@@H](CCc2ccccc2)C1. The van der Waals surface area contributed by atoms with Crippen LogP contribution in [0, 0.1) is 0 Å². The first-order chi connectivity index (χ1) is 17.1. The second-order valence-corrected chi connectivity index (χ2v) is 8.91. The van der Waals surface area contributed by atoms with Crippen LogP contribution in [0.1, 0.15) is 33.5 Å². The third-order valence-corrected chi connectivity index (χ3v) is 6.53. The molecule has 180 valence electrons. The van der Waals surface area contributed by atoms with Crippen LogP contribution < -0.4 is 9.47 Å². The molecule has 0 spiro atoms. The predicted octanol–water partition coefficient (Wildman–Crippen LogP) is 4.37. The zero-order chi connectivity index (χ0) is 24.2. The van der Waals surface area contributed by atoms with E-state index in [9.17, 15) is 14.0 Å². The van der Waals surface area contributed by atoms with Crippen LogP contribution in [0.3, 0.4) is 0 Å². The van der Waals surface area contributed by atoms with Gasteiger partial charge in [0.25, 0.3) is 5.91 Å². The molecule has 0 saturated carbocycles. The number of halogens is 1. The van der Waals surface area contributed by atoms with Crippen molar-refractivity contribution in [3.8, 4) is 11.5 Å². The minimum absolute atomic E-state index is 0.00207. The number of aryl methyl sites for hydroxylation is 1. The third-order valence-electron chi connectivity index (χ3n) is 6.53. The number of hydrogen-bond acceptors (Lipinski definition) is 4. The summed E-state index contributed by atoms with van der Waals surface area (Å²) in [6, 6.07) is 22.3. The molecule has 0 N–H and O–H groups in total. The van der Waals surface area contributed by atoms with E-state index in [1.54, 1.807) is 35.2 Å². The Balaban J connectivity index is 1.36. The molecule has 1 atom stereocenters. The summed E-state index contributed by atoms with van der Waals surface area (Å²) in [5.74, 6) is 0.822. The number of rotatable bonds is 7. The van der Waals surface area contributed by atoms with E-state index in [2.05, 4.69) is 12.1 Å². The normalized spacial score (nSPS) is 17.1. The van der Waals surface area contributed by atoms with Crippen molar-refractivity contribution in [3.05, 3.63) is 95.1 Å². The molecule has 1 fully saturated rings. The van der Waals surface area contributed by atoms with Crippen LogP contribution in [0.2, 0.25) is 0 Å². The zero-order valence-electron chi connectivity index (χ0n) is 19.4. The van der Waals surface area contributed by atoms with E-state index < -0.39 is 6.67 Å². The number of amides is 2. The Kier molecular flexibility index (Phi) is 6.66. The fourth-order valence-corrected chi connectivity index (χ4v) is 4.69. The molecule has 0 radical (unpaired) electrons. The van der Waals surface area contributed by atoms with Gasteiger partial charge >= 0.3 is 0 Å². The van der Waals surface area contributed by atoms with Gasteiger partial charge in [0.05, 0.1) is 6.04 Å². The van der Waals surface area contributed by atoms with Crippen molar-refractivity contribution in [2.45, 2.75) is 32.1 Å². The number of nitrogens with zero attached hydrogens (tertiary/aromatic N) is 2. The molecule has 5 rings (SSSR count). The Morgan fingerprint density at radius 2 is 1.69 bits per heavy atom. The molecule has 6 nitrogen and oxygen atoms in total. The van der Waals surface area contributed by atoms with Crippen molar-refractivity contribution >= 4 is 11.8 Å². The van der Waals surface area contributed by atoms with Crippen LogP contribution in [0.15, 0.2) is 72.8 Å². The summed E-state index contributed by atoms with van der Waals surface area (Å²) in [5, 5.41) is 0. The van der Waals surface area contributed by atoms with Crippen LogP contribution in [0.4, 0.5) is 4.39 Å². The Hall–Kier alpha value is -3.87. The molecule has 0 bridgehead atoms. The van der Waals surface area contributed by atoms with Gasteiger partial charge < -0.3 is 19.3 Å². The van der Waals surface area contributed by atoms with Gasteiger partial charge in [-0.3, -0.25) is 9.59 Å². The fourth-order valence-electron chi connectivity index (χ4n) is 4.69. The first-order valence-corrected chi connectivity index (χ1v) is 11.8. The lowest BCUT2D eigenvalue weighted by Gasteiger charge is -2.41. The lowest BCUT2D eigenvalue weighted by atomic mass is 10.00. The average molecular weight is 475 g/mol. The second kappa shape index (κ2) is 10.2. The minimum atomic E-state index is -0.545. The minimum Gasteiger partial charge on any atom is -0.454 e. The van der Waals surface area contributed by atoms with Gasteiger partial charge in [0.1, 0.15) is 13.2 Å². The quantitative estimate of drug-likeness (QED) is 0.510. The largest absolute Gasteiger partial charge is 0.454 e. The van der Waals surface area contributed by atoms with Crippen LogP contribution in [0.5, 0.6) is 11.5 Å². The number of fused-ring (bicyclic) bond motifs is 1. The van der Waals surface area contributed by atoms with E-state index in [4.69, 9.17) is 9.47 Å². The Bertz CT molecular complexity index is 1220. The van der Waals surface area contributed by atoms with Gasteiger partial charge in [-0.1, -0.05) is 54.6 Å². The number of hydrogen-bond donors (Lipinski definition) is 0. The molecule has 3 aromatic rings. The molecule has 35 heavy (non-hydrogen) atoms. The molecule has 1 saturated heterocycles. The monoisotopic (exact) mass is 474 g/mol. The third kappa shape index (κ3) is 5.14. The van der Waals surface area contributed by atoms with Crippen molar-refractivity contribution in [3.63, 3.8) is 0 Å². The van der Waals surface area contributed by atoms with Gasteiger partial charge in [-0.15, -0.1) is 0 Å². The van der Waals surface area contributed by atoms with E-state index in [0.717, 1.165) is 12.0 Å². The Labute approximate surface area is 203 Å². The molecular weight excluding hydrogens is 447 g/mol. The fraction of sp³-hybridized carbons (Fsp3) is 0.286. The summed E-state index contributed by atoms with van der Waals surface area (Å²) in [5.41, 5.74) is 3.12. The molecule has 7 heteroatoms. The molecule has 3 aromatic carbocycles. The van der Waals surface area contributed by atoms with Crippen molar-refractivity contribution in [2.24, 2.45) is 0 Å². The van der Waals surface area contributed by atoms with Crippen LogP contribution >= 0.6 is 0 Å². The lowest BCUT2D eigenvalue weighted by molar-refractivity contribution is -0.139. The number of piperazine rings is 1. The smallest absolute Gasteiger partial charge is 0.254 e.